The van der Waals surface area contributed by atoms with Gasteiger partial charge in [-0.25, -0.2) is 4.98 Å². The number of hydrogen-bond acceptors (Lipinski definition) is 6. The van der Waals surface area contributed by atoms with E-state index in [0.717, 1.165) is 5.52 Å². The first-order chi connectivity index (χ1) is 9.24. The minimum absolute atomic E-state index is 0.0813. The molecule has 3 rings (SSSR count). The van der Waals surface area contributed by atoms with Crippen LogP contribution in [-0.2, 0) is 6.54 Å². The molecule has 0 aromatic carbocycles. The van der Waals surface area contributed by atoms with Crippen molar-refractivity contribution in [3.63, 3.8) is 0 Å². The van der Waals surface area contributed by atoms with Crippen LogP contribution < -0.4 is 5.56 Å². The molecule has 0 aliphatic rings. The first-order valence-corrected chi connectivity index (χ1v) is 7.50. The summed E-state index contributed by atoms with van der Waals surface area (Å²) in [4.78, 5) is 20.7. The van der Waals surface area contributed by atoms with Gasteiger partial charge < -0.3 is 4.57 Å². The van der Waals surface area contributed by atoms with Gasteiger partial charge in [-0.3, -0.25) is 4.79 Å². The van der Waals surface area contributed by atoms with E-state index in [4.69, 9.17) is 0 Å². The number of aromatic nitrogens is 5. The van der Waals surface area contributed by atoms with Crippen molar-refractivity contribution in [2.24, 2.45) is 0 Å². The summed E-state index contributed by atoms with van der Waals surface area (Å²) in [6.07, 6.45) is 5.21. The van der Waals surface area contributed by atoms with E-state index >= 15 is 0 Å². The molecule has 0 saturated carbocycles. The lowest BCUT2D eigenvalue weighted by Gasteiger charge is -2.05. The van der Waals surface area contributed by atoms with E-state index in [1.54, 1.807) is 21.5 Å². The second kappa shape index (κ2) is 4.86. The Hall–Kier alpha value is -1.54. The highest BCUT2D eigenvalue weighted by molar-refractivity contribution is 7.98. The molecule has 0 radical (unpaired) electrons. The van der Waals surface area contributed by atoms with E-state index in [1.165, 1.54) is 11.8 Å². The van der Waals surface area contributed by atoms with E-state index in [1.807, 2.05) is 12.3 Å². The van der Waals surface area contributed by atoms with Crippen LogP contribution in [0.2, 0.25) is 0 Å². The van der Waals surface area contributed by atoms with Gasteiger partial charge in [0.2, 0.25) is 5.16 Å². The third-order valence-corrected chi connectivity index (χ3v) is 3.55. The summed E-state index contributed by atoms with van der Waals surface area (Å²) in [6.45, 7) is 0.573. The lowest BCUT2D eigenvalue weighted by Crippen LogP contribution is -2.21. The van der Waals surface area contributed by atoms with E-state index < -0.39 is 0 Å². The van der Waals surface area contributed by atoms with Crippen LogP contribution >= 0.6 is 24.4 Å². The van der Waals surface area contributed by atoms with Crippen LogP contribution in [0.4, 0.5) is 0 Å². The van der Waals surface area contributed by atoms with Gasteiger partial charge in [0.25, 0.3) is 11.3 Å². The lowest BCUT2D eigenvalue weighted by atomic mass is 10.3. The van der Waals surface area contributed by atoms with Gasteiger partial charge in [-0.2, -0.15) is 22.1 Å². The lowest BCUT2D eigenvalue weighted by molar-refractivity contribution is 0.742. The third-order valence-electron chi connectivity index (χ3n) is 2.81. The predicted molar refractivity (Wildman–Crippen MR) is 78.2 cm³/mol. The summed E-state index contributed by atoms with van der Waals surface area (Å²) in [5.74, 6) is 1.12. The van der Waals surface area contributed by atoms with Crippen molar-refractivity contribution in [3.8, 4) is 0 Å². The molecular weight excluding hydrogens is 282 g/mol. The molecule has 98 valence electrons. The van der Waals surface area contributed by atoms with Crippen LogP contribution in [0.3, 0.4) is 0 Å². The average molecular weight is 293 g/mol. The Balaban J connectivity index is 2.34. The molecule has 0 bridgehead atoms. The predicted octanol–water partition coefficient (Wildman–Crippen LogP) is 1.09. The molecule has 0 atom stereocenters. The Bertz CT molecular complexity index is 810. The molecule has 8 heteroatoms. The first-order valence-electron chi connectivity index (χ1n) is 5.64. The summed E-state index contributed by atoms with van der Waals surface area (Å²) < 4.78 is 3.23. The Labute approximate surface area is 118 Å². The molecule has 0 unspecified atom stereocenters. The van der Waals surface area contributed by atoms with Crippen molar-refractivity contribution in [2.75, 3.05) is 12.0 Å². The second-order valence-corrected chi connectivity index (χ2v) is 5.13. The van der Waals surface area contributed by atoms with Crippen LogP contribution in [0.5, 0.6) is 0 Å². The zero-order valence-electron chi connectivity index (χ0n) is 10.1. The van der Waals surface area contributed by atoms with Gasteiger partial charge in [0.05, 0.1) is 10.9 Å². The fourth-order valence-corrected chi connectivity index (χ4v) is 2.46. The van der Waals surface area contributed by atoms with Gasteiger partial charge in [-0.1, -0.05) is 11.8 Å². The zero-order valence-corrected chi connectivity index (χ0v) is 11.9. The maximum atomic E-state index is 12.3. The van der Waals surface area contributed by atoms with Gasteiger partial charge in [-0.05, 0) is 12.3 Å². The number of fused-ring (bicyclic) bond motifs is 3. The van der Waals surface area contributed by atoms with Crippen LogP contribution in [-0.4, -0.2) is 36.2 Å². The molecule has 0 amide bonds. The summed E-state index contributed by atoms with van der Waals surface area (Å²) in [5.41, 5.74) is 0.639. The van der Waals surface area contributed by atoms with Crippen LogP contribution in [0, 0.1) is 0 Å². The van der Waals surface area contributed by atoms with E-state index in [0.29, 0.717) is 28.6 Å². The highest BCUT2D eigenvalue weighted by Gasteiger charge is 2.10. The van der Waals surface area contributed by atoms with Crippen LogP contribution in [0.1, 0.15) is 0 Å². The standard InChI is InChI=1S/C11H11N5OS2/c1-19-11-13-10-12-6-7-8(16(10)14-11)2-3-15(4-5-18)9(7)17/h2-3,6,18H,4-5H2,1H3. The average Bonchev–Trinajstić information content (AvgIpc) is 2.85. The van der Waals surface area contributed by atoms with Crippen LogP contribution in [0.25, 0.3) is 16.7 Å². The molecule has 0 aliphatic carbocycles. The number of rotatable bonds is 3. The summed E-state index contributed by atoms with van der Waals surface area (Å²) in [5, 5.41) is 5.49. The van der Waals surface area contributed by atoms with E-state index in [-0.39, 0.29) is 5.56 Å². The van der Waals surface area contributed by atoms with Gasteiger partial charge in [0, 0.05) is 24.7 Å². The smallest absolute Gasteiger partial charge is 0.261 e. The molecule has 0 fully saturated rings. The van der Waals surface area contributed by atoms with Gasteiger partial charge in [0.15, 0.2) is 0 Å². The molecule has 3 aromatic rings. The normalized spacial score (nSPS) is 11.5. The van der Waals surface area contributed by atoms with Crippen molar-refractivity contribution >= 4 is 41.1 Å². The Kier molecular flexibility index (Phi) is 3.19. The molecule has 0 spiro atoms. The molecule has 3 heterocycles. The fourth-order valence-electron chi connectivity index (χ4n) is 1.91. The maximum absolute atomic E-state index is 12.3. The molecule has 3 aromatic heterocycles. The molecule has 0 aliphatic heterocycles. The highest BCUT2D eigenvalue weighted by Crippen LogP contribution is 2.14. The quantitative estimate of drug-likeness (QED) is 0.578. The van der Waals surface area contributed by atoms with Gasteiger partial charge in [0.1, 0.15) is 0 Å². The summed E-state index contributed by atoms with van der Waals surface area (Å²) in [6, 6.07) is 1.85. The SMILES string of the molecule is CSc1nc2ncc3c(=O)n(CCS)ccc3n2n1. The monoisotopic (exact) mass is 293 g/mol. The number of pyridine rings is 1. The number of thiol groups is 1. The minimum atomic E-state index is -0.0813. The van der Waals surface area contributed by atoms with Crippen molar-refractivity contribution in [1.29, 1.82) is 0 Å². The topological polar surface area (TPSA) is 65.1 Å². The summed E-state index contributed by atoms with van der Waals surface area (Å²) in [7, 11) is 0. The second-order valence-electron chi connectivity index (χ2n) is 3.91. The minimum Gasteiger partial charge on any atom is -0.314 e. The Morgan fingerprint density at radius 2 is 2.32 bits per heavy atom. The van der Waals surface area contributed by atoms with E-state index in [9.17, 15) is 4.79 Å². The zero-order chi connectivity index (χ0) is 13.4. The molecule has 6 nitrogen and oxygen atoms in total. The molecule has 0 saturated heterocycles. The van der Waals surface area contributed by atoms with Crippen molar-refractivity contribution in [3.05, 3.63) is 28.8 Å². The van der Waals surface area contributed by atoms with Crippen LogP contribution in [0.15, 0.2) is 28.4 Å². The number of aryl methyl sites for hydroxylation is 1. The Morgan fingerprint density at radius 1 is 1.47 bits per heavy atom. The highest BCUT2D eigenvalue weighted by atomic mass is 32.2. The van der Waals surface area contributed by atoms with Crippen molar-refractivity contribution in [2.45, 2.75) is 11.7 Å². The van der Waals surface area contributed by atoms with E-state index in [2.05, 4.69) is 27.7 Å². The first kappa shape index (κ1) is 12.5. The molecular formula is C11H11N5OS2. The number of thioether (sulfide) groups is 1. The van der Waals surface area contributed by atoms with Gasteiger partial charge >= 0.3 is 0 Å². The maximum Gasteiger partial charge on any atom is 0.261 e. The number of hydrogen-bond donors (Lipinski definition) is 1. The largest absolute Gasteiger partial charge is 0.314 e. The summed E-state index contributed by atoms with van der Waals surface area (Å²) >= 11 is 5.58. The van der Waals surface area contributed by atoms with Gasteiger partial charge in [-0.15, -0.1) is 5.10 Å². The van der Waals surface area contributed by atoms with Crippen molar-refractivity contribution < 1.29 is 0 Å². The molecule has 0 N–H and O–H groups in total. The van der Waals surface area contributed by atoms with Crippen molar-refractivity contribution in [1.82, 2.24) is 24.1 Å². The molecule has 19 heavy (non-hydrogen) atoms. The third kappa shape index (κ3) is 2.00. The number of nitrogens with zero attached hydrogens (tertiary/aromatic N) is 5. The fraction of sp³-hybridized carbons (Fsp3) is 0.273. The Morgan fingerprint density at radius 3 is 3.05 bits per heavy atom.